The molecule has 200 valence electrons. The van der Waals surface area contributed by atoms with Crippen LogP contribution in [0, 0.1) is 5.41 Å². The van der Waals surface area contributed by atoms with Gasteiger partial charge in [0.1, 0.15) is 5.52 Å². The van der Waals surface area contributed by atoms with Crippen LogP contribution in [0.15, 0.2) is 18.3 Å². The number of primary amides is 1. The number of aromatic nitrogens is 4. The smallest absolute Gasteiger partial charge is 0.394 e. The van der Waals surface area contributed by atoms with Crippen molar-refractivity contribution in [1.29, 1.82) is 0 Å². The number of amides is 1. The van der Waals surface area contributed by atoms with Crippen molar-refractivity contribution in [2.24, 2.45) is 11.1 Å². The van der Waals surface area contributed by atoms with Crippen LogP contribution in [0.25, 0.3) is 11.2 Å². The molecule has 0 unspecified atom stereocenters. The maximum absolute atomic E-state index is 13.2. The third kappa shape index (κ3) is 5.55. The Bertz CT molecular complexity index is 1300. The van der Waals surface area contributed by atoms with Gasteiger partial charge >= 0.3 is 6.18 Å². The number of imidazole rings is 1. The molecule has 1 atom stereocenters. The lowest BCUT2D eigenvalue weighted by atomic mass is 9.73. The highest BCUT2D eigenvalue weighted by Crippen LogP contribution is 2.44. The number of nitrogens with zero attached hydrogens (tertiary/aromatic N) is 4. The quantitative estimate of drug-likeness (QED) is 0.309. The summed E-state index contributed by atoms with van der Waals surface area (Å²) in [6.07, 6.45) is -0.888. The van der Waals surface area contributed by atoms with Gasteiger partial charge in [-0.25, -0.2) is 9.97 Å². The molecular formula is C23H26Cl2F3N7O2. The van der Waals surface area contributed by atoms with Crippen LogP contribution in [0.1, 0.15) is 51.1 Å². The van der Waals surface area contributed by atoms with Crippen LogP contribution in [-0.4, -0.2) is 43.2 Å². The lowest BCUT2D eigenvalue weighted by Gasteiger charge is -2.35. The van der Waals surface area contributed by atoms with Crippen LogP contribution in [0.4, 0.5) is 30.8 Å². The van der Waals surface area contributed by atoms with Gasteiger partial charge in [-0.05, 0) is 44.7 Å². The molecule has 0 spiro atoms. The summed E-state index contributed by atoms with van der Waals surface area (Å²) in [7, 11) is 0. The van der Waals surface area contributed by atoms with E-state index in [-0.39, 0.29) is 52.2 Å². The third-order valence-corrected chi connectivity index (χ3v) is 7.30. The minimum Gasteiger partial charge on any atom is -0.394 e. The van der Waals surface area contributed by atoms with E-state index in [1.165, 1.54) is 6.20 Å². The van der Waals surface area contributed by atoms with Gasteiger partial charge in [0.05, 0.1) is 34.1 Å². The van der Waals surface area contributed by atoms with E-state index < -0.39 is 17.2 Å². The van der Waals surface area contributed by atoms with E-state index in [1.807, 2.05) is 11.5 Å². The molecule has 9 nitrogen and oxygen atoms in total. The Morgan fingerprint density at radius 1 is 1.27 bits per heavy atom. The van der Waals surface area contributed by atoms with Crippen molar-refractivity contribution in [3.8, 4) is 0 Å². The van der Waals surface area contributed by atoms with Gasteiger partial charge in [0, 0.05) is 17.5 Å². The molecule has 1 amide bonds. The lowest BCUT2D eigenvalue weighted by Crippen LogP contribution is -2.38. The molecule has 3 aromatic rings. The Labute approximate surface area is 220 Å². The fourth-order valence-corrected chi connectivity index (χ4v) is 4.95. The monoisotopic (exact) mass is 559 g/mol. The molecular weight excluding hydrogens is 534 g/mol. The first-order chi connectivity index (χ1) is 17.3. The molecule has 4 rings (SSSR count). The number of benzene rings is 1. The summed E-state index contributed by atoms with van der Waals surface area (Å²) >= 11 is 12.4. The second-order valence-corrected chi connectivity index (χ2v) is 10.3. The van der Waals surface area contributed by atoms with Crippen molar-refractivity contribution in [2.75, 3.05) is 17.2 Å². The number of alkyl halides is 3. The molecule has 2 heterocycles. The average Bonchev–Trinajstić information content (AvgIpc) is 3.18. The average molecular weight is 560 g/mol. The fraction of sp³-hybridized carbons (Fsp3) is 0.478. The molecule has 1 saturated carbocycles. The number of hydrogen-bond acceptors (Lipinski definition) is 7. The number of halogens is 5. The SMILES string of the molecule is C[C@@H](CO)Nc1ncc2nc(Nc3c(Cl)cc(C(F)(F)F)cc3Cl)n([C@H]3CC[C@@](C)(C(N)=O)CC3)c2n1. The van der Waals surface area contributed by atoms with E-state index in [0.29, 0.717) is 36.8 Å². The van der Waals surface area contributed by atoms with Gasteiger partial charge in [0.25, 0.3) is 0 Å². The summed E-state index contributed by atoms with van der Waals surface area (Å²) in [5, 5.41) is 14.9. The van der Waals surface area contributed by atoms with E-state index in [9.17, 15) is 23.1 Å². The largest absolute Gasteiger partial charge is 0.416 e. The summed E-state index contributed by atoms with van der Waals surface area (Å²) < 4.78 is 41.4. The van der Waals surface area contributed by atoms with Crippen LogP contribution in [-0.2, 0) is 11.0 Å². The number of nitrogens with one attached hydrogen (secondary N) is 2. The lowest BCUT2D eigenvalue weighted by molar-refractivity contribution is -0.137. The van der Waals surface area contributed by atoms with Gasteiger partial charge < -0.3 is 21.5 Å². The number of carbonyl (C=O) groups is 1. The van der Waals surface area contributed by atoms with Gasteiger partial charge in [0.15, 0.2) is 5.65 Å². The number of nitrogens with two attached hydrogens (primary N) is 1. The predicted molar refractivity (Wildman–Crippen MR) is 135 cm³/mol. The molecule has 1 aliphatic carbocycles. The molecule has 0 saturated heterocycles. The van der Waals surface area contributed by atoms with Gasteiger partial charge in [-0.3, -0.25) is 9.36 Å². The number of carbonyl (C=O) groups excluding carboxylic acids is 1. The number of anilines is 3. The number of hydrogen-bond donors (Lipinski definition) is 4. The van der Waals surface area contributed by atoms with Crippen molar-refractivity contribution >= 4 is 57.9 Å². The van der Waals surface area contributed by atoms with Crippen molar-refractivity contribution in [3.63, 3.8) is 0 Å². The molecule has 1 aromatic carbocycles. The zero-order valence-corrected chi connectivity index (χ0v) is 21.5. The van der Waals surface area contributed by atoms with E-state index in [4.69, 9.17) is 28.9 Å². The van der Waals surface area contributed by atoms with Gasteiger partial charge in [-0.1, -0.05) is 30.1 Å². The molecule has 1 fully saturated rings. The first-order valence-corrected chi connectivity index (χ1v) is 12.3. The van der Waals surface area contributed by atoms with Gasteiger partial charge in [-0.2, -0.15) is 18.2 Å². The Morgan fingerprint density at radius 3 is 2.43 bits per heavy atom. The first-order valence-electron chi connectivity index (χ1n) is 11.6. The molecule has 2 aromatic heterocycles. The molecule has 0 bridgehead atoms. The number of rotatable bonds is 7. The molecule has 37 heavy (non-hydrogen) atoms. The summed E-state index contributed by atoms with van der Waals surface area (Å²) in [6, 6.07) is 1.12. The highest BCUT2D eigenvalue weighted by atomic mass is 35.5. The topological polar surface area (TPSA) is 131 Å². The standard InChI is InChI=1S/C23H26Cl2F3N7O2/c1-11(10-36)31-20-30-9-16-18(34-20)35(13-3-5-22(2,6-4-13)19(29)37)21(32-16)33-17-14(24)7-12(8-15(17)25)23(26,27)28/h7-9,11,13,36H,3-6,10H2,1-2H3,(H2,29,37)(H,32,33)(H,30,31,34)/t11-,13-,22+/m0/s1. The maximum atomic E-state index is 13.2. The van der Waals surface area contributed by atoms with E-state index >= 15 is 0 Å². The van der Waals surface area contributed by atoms with Crippen molar-refractivity contribution in [2.45, 2.75) is 57.8 Å². The van der Waals surface area contributed by atoms with Crippen LogP contribution in [0.2, 0.25) is 10.0 Å². The summed E-state index contributed by atoms with van der Waals surface area (Å²) in [6.45, 7) is 3.46. The van der Waals surface area contributed by atoms with Gasteiger partial charge in [-0.15, -0.1) is 0 Å². The molecule has 5 N–H and O–H groups in total. The predicted octanol–water partition coefficient (Wildman–Crippen LogP) is 5.29. The Kier molecular flexibility index (Phi) is 7.46. The number of aliphatic hydroxyl groups excluding tert-OH is 1. The number of fused-ring (bicyclic) bond motifs is 1. The minimum absolute atomic E-state index is 0.0610. The normalized spacial score (nSPS) is 21.1. The highest BCUT2D eigenvalue weighted by Gasteiger charge is 2.38. The molecule has 0 radical (unpaired) electrons. The van der Waals surface area contributed by atoms with Gasteiger partial charge in [0.2, 0.25) is 17.8 Å². The highest BCUT2D eigenvalue weighted by molar-refractivity contribution is 6.39. The second-order valence-electron chi connectivity index (χ2n) is 9.53. The zero-order valence-electron chi connectivity index (χ0n) is 20.0. The van der Waals surface area contributed by atoms with E-state index in [1.54, 1.807) is 6.92 Å². The van der Waals surface area contributed by atoms with E-state index in [2.05, 4.69) is 25.6 Å². The molecule has 0 aliphatic heterocycles. The first kappa shape index (κ1) is 27.2. The maximum Gasteiger partial charge on any atom is 0.416 e. The zero-order chi connectivity index (χ0) is 27.1. The third-order valence-electron chi connectivity index (χ3n) is 6.71. The summed E-state index contributed by atoms with van der Waals surface area (Å²) in [5.41, 5.74) is 4.94. The van der Waals surface area contributed by atoms with Crippen molar-refractivity contribution in [1.82, 2.24) is 19.5 Å². The summed E-state index contributed by atoms with van der Waals surface area (Å²) in [4.78, 5) is 25.4. The van der Waals surface area contributed by atoms with Crippen LogP contribution >= 0.6 is 23.2 Å². The Balaban J connectivity index is 1.78. The number of aliphatic hydroxyl groups is 1. The van der Waals surface area contributed by atoms with Crippen LogP contribution in [0.3, 0.4) is 0 Å². The Hall–Kier alpha value is -2.83. The van der Waals surface area contributed by atoms with Crippen molar-refractivity contribution < 1.29 is 23.1 Å². The van der Waals surface area contributed by atoms with E-state index in [0.717, 1.165) is 12.1 Å². The second kappa shape index (κ2) is 10.1. The minimum atomic E-state index is -4.61. The summed E-state index contributed by atoms with van der Waals surface area (Å²) in [5.74, 6) is 0.160. The Morgan fingerprint density at radius 2 is 1.89 bits per heavy atom. The molecule has 1 aliphatic rings. The van der Waals surface area contributed by atoms with Crippen molar-refractivity contribution in [3.05, 3.63) is 33.9 Å². The fourth-order valence-electron chi connectivity index (χ4n) is 4.37. The van der Waals surface area contributed by atoms with Crippen LogP contribution < -0.4 is 16.4 Å². The van der Waals surface area contributed by atoms with Crippen LogP contribution in [0.5, 0.6) is 0 Å². The molecule has 14 heteroatoms.